The summed E-state index contributed by atoms with van der Waals surface area (Å²) in [6.07, 6.45) is 11.5. The molecule has 0 radical (unpaired) electrons. The van der Waals surface area contributed by atoms with Crippen LogP contribution < -0.4 is 15.4 Å². The number of sulfonamides is 1. The van der Waals surface area contributed by atoms with Crippen LogP contribution in [0.15, 0.2) is 0 Å². The zero-order valence-electron chi connectivity index (χ0n) is 24.8. The fourth-order valence-corrected chi connectivity index (χ4v) is 10.8. The van der Waals surface area contributed by atoms with Gasteiger partial charge in [0.05, 0.1) is 6.26 Å². The molecule has 8 heteroatoms. The number of carboxylic acids is 1. The van der Waals surface area contributed by atoms with E-state index in [4.69, 9.17) is 0 Å². The molecule has 4 saturated carbocycles. The van der Waals surface area contributed by atoms with Gasteiger partial charge in [-0.2, -0.15) is 0 Å². The van der Waals surface area contributed by atoms with Crippen LogP contribution in [0.5, 0.6) is 0 Å². The Labute approximate surface area is 232 Å². The van der Waals surface area contributed by atoms with Crippen molar-refractivity contribution in [3.05, 3.63) is 0 Å². The zero-order valence-corrected chi connectivity index (χ0v) is 25.6. The zero-order chi connectivity index (χ0) is 27.9. The van der Waals surface area contributed by atoms with Crippen molar-refractivity contribution in [3.8, 4) is 0 Å². The van der Waals surface area contributed by atoms with E-state index in [0.717, 1.165) is 45.2 Å². The van der Waals surface area contributed by atoms with E-state index < -0.39 is 16.0 Å². The van der Waals surface area contributed by atoms with E-state index in [1.54, 1.807) is 0 Å². The van der Waals surface area contributed by atoms with Gasteiger partial charge >= 0.3 is 5.97 Å². The lowest BCUT2D eigenvalue weighted by Gasteiger charge is -2.63. The second-order valence-corrected chi connectivity index (χ2v) is 16.2. The Kier molecular flexibility index (Phi) is 9.28. The minimum absolute atomic E-state index is 0.00660. The molecule has 0 saturated heterocycles. The highest BCUT2D eigenvalue weighted by molar-refractivity contribution is 7.88. The molecule has 4 N–H and O–H groups in total. The van der Waals surface area contributed by atoms with E-state index in [9.17, 15) is 18.3 Å². The average molecular weight is 554 g/mol. The summed E-state index contributed by atoms with van der Waals surface area (Å²) in [5, 5.41) is 16.6. The van der Waals surface area contributed by atoms with Gasteiger partial charge in [0.15, 0.2) is 0 Å². The summed E-state index contributed by atoms with van der Waals surface area (Å²) in [6, 6.07) is 1.02. The molecule has 7 nitrogen and oxygen atoms in total. The number of nitrogens with one attached hydrogen (secondary N) is 3. The normalized spacial score (nSPS) is 41.8. The third-order valence-electron chi connectivity index (χ3n) is 11.8. The summed E-state index contributed by atoms with van der Waals surface area (Å²) in [6.45, 7) is 13.6. The maximum Gasteiger partial charge on any atom is 0.303 e. The second kappa shape index (κ2) is 11.7. The van der Waals surface area contributed by atoms with E-state index in [1.807, 2.05) is 0 Å². The van der Waals surface area contributed by atoms with E-state index in [0.29, 0.717) is 47.6 Å². The molecule has 0 spiro atoms. The fraction of sp³-hybridized carbons (Fsp3) is 0.967. The molecule has 10 unspecified atom stereocenters. The predicted octanol–water partition coefficient (Wildman–Crippen LogP) is 4.63. The van der Waals surface area contributed by atoms with Crippen LogP contribution in [-0.2, 0) is 14.8 Å². The first kappa shape index (κ1) is 30.3. The standard InChI is InChI=1S/C30H55N3O4S/c1-19(2)31-15-16-32-22-11-13-29(4)21(17-22)18-26(33-38(6,36)37)28-24-9-8-23(20(3)7-10-27(34)35)30(24,5)14-12-25(28)29/h19-26,28,31-33H,7-18H2,1-6H3,(H,34,35). The maximum absolute atomic E-state index is 12.6. The second-order valence-electron chi connectivity index (χ2n) is 14.4. The van der Waals surface area contributed by atoms with Crippen LogP contribution >= 0.6 is 0 Å². The van der Waals surface area contributed by atoms with Crippen molar-refractivity contribution in [3.63, 3.8) is 0 Å². The van der Waals surface area contributed by atoms with Gasteiger partial charge in [0, 0.05) is 37.6 Å². The lowest BCUT2D eigenvalue weighted by Crippen LogP contribution is -2.62. The van der Waals surface area contributed by atoms with Gasteiger partial charge in [-0.1, -0.05) is 34.6 Å². The highest BCUT2D eigenvalue weighted by Gasteiger charge is 2.63. The van der Waals surface area contributed by atoms with E-state index in [-0.39, 0.29) is 23.3 Å². The molecule has 0 amide bonds. The van der Waals surface area contributed by atoms with Crippen LogP contribution in [0, 0.1) is 46.3 Å². The van der Waals surface area contributed by atoms with Gasteiger partial charge in [-0.3, -0.25) is 4.79 Å². The summed E-state index contributed by atoms with van der Waals surface area (Å²) >= 11 is 0. The quantitative estimate of drug-likeness (QED) is 0.278. The third kappa shape index (κ3) is 6.28. The topological polar surface area (TPSA) is 108 Å². The number of fused-ring (bicyclic) bond motifs is 5. The summed E-state index contributed by atoms with van der Waals surface area (Å²) in [5.74, 6) is 2.17. The van der Waals surface area contributed by atoms with E-state index >= 15 is 0 Å². The summed E-state index contributed by atoms with van der Waals surface area (Å²) in [4.78, 5) is 11.3. The molecular formula is C30H55N3O4S. The maximum atomic E-state index is 12.6. The molecule has 4 aliphatic rings. The van der Waals surface area contributed by atoms with Crippen LogP contribution in [0.25, 0.3) is 0 Å². The third-order valence-corrected chi connectivity index (χ3v) is 12.5. The highest BCUT2D eigenvalue weighted by Crippen LogP contribution is 2.68. The minimum Gasteiger partial charge on any atom is -0.481 e. The molecule has 0 heterocycles. The Morgan fingerprint density at radius 3 is 2.32 bits per heavy atom. The number of rotatable bonds is 11. The molecule has 0 aromatic heterocycles. The van der Waals surface area contributed by atoms with Crippen LogP contribution in [0.4, 0.5) is 0 Å². The first-order valence-corrected chi connectivity index (χ1v) is 17.3. The summed E-state index contributed by atoms with van der Waals surface area (Å²) < 4.78 is 28.4. The number of carboxylic acid groups (broad SMARTS) is 1. The minimum atomic E-state index is -3.31. The van der Waals surface area contributed by atoms with Crippen molar-refractivity contribution in [1.82, 2.24) is 15.4 Å². The van der Waals surface area contributed by atoms with E-state index in [1.165, 1.54) is 31.9 Å². The lowest BCUT2D eigenvalue weighted by atomic mass is 9.43. The monoisotopic (exact) mass is 553 g/mol. The van der Waals surface area contributed by atoms with Crippen molar-refractivity contribution in [2.45, 2.75) is 117 Å². The van der Waals surface area contributed by atoms with Crippen molar-refractivity contribution >= 4 is 16.0 Å². The molecule has 0 aliphatic heterocycles. The molecule has 38 heavy (non-hydrogen) atoms. The van der Waals surface area contributed by atoms with Gasteiger partial charge in [0.2, 0.25) is 10.0 Å². The lowest BCUT2D eigenvalue weighted by molar-refractivity contribution is -0.138. The van der Waals surface area contributed by atoms with Gasteiger partial charge in [-0.05, 0) is 104 Å². The molecule has 220 valence electrons. The first-order valence-electron chi connectivity index (χ1n) is 15.4. The fourth-order valence-electron chi connectivity index (χ4n) is 10.0. The SMILES string of the molecule is CC(C)NCCNC1CCC2(C)C(C1)CC(NS(C)(=O)=O)C1C2CCC2(C)C(C(C)CCC(=O)O)CCC12. The number of carbonyl (C=O) groups is 1. The predicted molar refractivity (Wildman–Crippen MR) is 153 cm³/mol. The van der Waals surface area contributed by atoms with Gasteiger partial charge in [-0.15, -0.1) is 0 Å². The molecule has 0 bridgehead atoms. The molecule has 4 fully saturated rings. The first-order chi connectivity index (χ1) is 17.7. The smallest absolute Gasteiger partial charge is 0.303 e. The Hall–Kier alpha value is -0.700. The summed E-state index contributed by atoms with van der Waals surface area (Å²) in [7, 11) is -3.31. The molecule has 0 aromatic rings. The van der Waals surface area contributed by atoms with Gasteiger partial charge < -0.3 is 15.7 Å². The van der Waals surface area contributed by atoms with Crippen LogP contribution in [0.1, 0.15) is 98.8 Å². The van der Waals surface area contributed by atoms with Gasteiger partial charge in [-0.25, -0.2) is 13.1 Å². The Morgan fingerprint density at radius 1 is 0.974 bits per heavy atom. The molecule has 0 aromatic carbocycles. The molecule has 4 aliphatic carbocycles. The number of hydrogen-bond donors (Lipinski definition) is 4. The number of aliphatic carboxylic acids is 1. The van der Waals surface area contributed by atoms with Crippen LogP contribution in [0.2, 0.25) is 0 Å². The Balaban J connectivity index is 1.53. The molecule has 10 atom stereocenters. The summed E-state index contributed by atoms with van der Waals surface area (Å²) in [5.41, 5.74) is 0.435. The van der Waals surface area contributed by atoms with E-state index in [2.05, 4.69) is 50.0 Å². The van der Waals surface area contributed by atoms with Crippen LogP contribution in [-0.4, -0.2) is 57.0 Å². The van der Waals surface area contributed by atoms with Crippen molar-refractivity contribution in [2.24, 2.45) is 46.3 Å². The van der Waals surface area contributed by atoms with Gasteiger partial charge in [0.1, 0.15) is 0 Å². The van der Waals surface area contributed by atoms with Crippen molar-refractivity contribution < 1.29 is 18.3 Å². The Bertz CT molecular complexity index is 942. The van der Waals surface area contributed by atoms with Gasteiger partial charge in [0.25, 0.3) is 0 Å². The Morgan fingerprint density at radius 2 is 1.66 bits per heavy atom. The molecular weight excluding hydrogens is 498 g/mol. The van der Waals surface area contributed by atoms with Crippen LogP contribution in [0.3, 0.4) is 0 Å². The highest BCUT2D eigenvalue weighted by atomic mass is 32.2. The molecule has 4 rings (SSSR count). The largest absolute Gasteiger partial charge is 0.481 e. The number of hydrogen-bond acceptors (Lipinski definition) is 5. The van der Waals surface area contributed by atoms with Crippen molar-refractivity contribution in [2.75, 3.05) is 19.3 Å². The van der Waals surface area contributed by atoms with Crippen molar-refractivity contribution in [1.29, 1.82) is 0 Å². The average Bonchev–Trinajstić information content (AvgIpc) is 3.17.